The maximum absolute atomic E-state index is 12.9. The predicted octanol–water partition coefficient (Wildman–Crippen LogP) is 2.73. The summed E-state index contributed by atoms with van der Waals surface area (Å²) < 4.78 is 12.9. The lowest BCUT2D eigenvalue weighted by atomic mass is 10.1. The Kier molecular flexibility index (Phi) is 2.28. The van der Waals surface area contributed by atoms with Gasteiger partial charge in [-0.3, -0.25) is 0 Å². The van der Waals surface area contributed by atoms with Crippen LogP contribution >= 0.6 is 11.6 Å². The molecule has 0 atom stereocenters. The molecule has 0 fully saturated rings. The second-order valence-corrected chi connectivity index (χ2v) is 3.32. The highest BCUT2D eigenvalue weighted by atomic mass is 35.5. The zero-order valence-electron chi connectivity index (χ0n) is 7.37. The van der Waals surface area contributed by atoms with Crippen LogP contribution in [0.15, 0.2) is 24.4 Å². The fourth-order valence-corrected chi connectivity index (χ4v) is 1.56. The van der Waals surface area contributed by atoms with Gasteiger partial charge in [0.25, 0.3) is 0 Å². The van der Waals surface area contributed by atoms with Gasteiger partial charge in [-0.1, -0.05) is 17.7 Å². The first kappa shape index (κ1) is 9.86. The number of aromatic nitrogens is 1. The molecule has 1 aromatic carbocycles. The standard InChI is InChI=1S/C10H5ClFNO2/c11-9-7-3-5(12)1-2-6(7)8(4-13-9)10(14)15/h1-4H,(H,14,15). The molecule has 0 unspecified atom stereocenters. The Bertz CT molecular complexity index is 556. The zero-order valence-corrected chi connectivity index (χ0v) is 8.12. The molecule has 5 heteroatoms. The van der Waals surface area contributed by atoms with Crippen molar-refractivity contribution in [3.63, 3.8) is 0 Å². The average Bonchev–Trinajstić information content (AvgIpc) is 2.19. The summed E-state index contributed by atoms with van der Waals surface area (Å²) in [6.07, 6.45) is 1.16. The first-order chi connectivity index (χ1) is 7.09. The minimum Gasteiger partial charge on any atom is -0.478 e. The number of nitrogens with zero attached hydrogens (tertiary/aromatic N) is 1. The summed E-state index contributed by atoms with van der Waals surface area (Å²) in [5.41, 5.74) is 0.00870. The van der Waals surface area contributed by atoms with Crippen LogP contribution in [-0.4, -0.2) is 16.1 Å². The highest BCUT2D eigenvalue weighted by molar-refractivity contribution is 6.34. The number of hydrogen-bond donors (Lipinski definition) is 1. The molecule has 0 radical (unpaired) electrons. The smallest absolute Gasteiger partial charge is 0.337 e. The van der Waals surface area contributed by atoms with Gasteiger partial charge in [0.2, 0.25) is 0 Å². The number of pyridine rings is 1. The van der Waals surface area contributed by atoms with E-state index >= 15 is 0 Å². The third-order valence-electron chi connectivity index (χ3n) is 2.03. The number of benzene rings is 1. The summed E-state index contributed by atoms with van der Waals surface area (Å²) in [6.45, 7) is 0. The number of aromatic carboxylic acids is 1. The van der Waals surface area contributed by atoms with Gasteiger partial charge < -0.3 is 5.11 Å². The third kappa shape index (κ3) is 1.64. The van der Waals surface area contributed by atoms with Crippen molar-refractivity contribution in [1.29, 1.82) is 0 Å². The molecule has 1 aromatic heterocycles. The Morgan fingerprint density at radius 1 is 1.40 bits per heavy atom. The van der Waals surface area contributed by atoms with Gasteiger partial charge in [-0.2, -0.15) is 0 Å². The second-order valence-electron chi connectivity index (χ2n) is 2.96. The molecule has 0 bridgehead atoms. The van der Waals surface area contributed by atoms with Gasteiger partial charge in [0.15, 0.2) is 0 Å². The molecule has 0 aliphatic rings. The summed E-state index contributed by atoms with van der Waals surface area (Å²) in [6, 6.07) is 3.73. The van der Waals surface area contributed by atoms with Gasteiger partial charge in [0.1, 0.15) is 11.0 Å². The summed E-state index contributed by atoms with van der Waals surface area (Å²) in [5.74, 6) is -1.59. The first-order valence-electron chi connectivity index (χ1n) is 4.06. The van der Waals surface area contributed by atoms with Crippen LogP contribution in [0.25, 0.3) is 10.8 Å². The van der Waals surface area contributed by atoms with Gasteiger partial charge in [0, 0.05) is 17.0 Å². The molecule has 76 valence electrons. The minimum absolute atomic E-state index is 0.00870. The van der Waals surface area contributed by atoms with E-state index in [1.807, 2.05) is 0 Å². The molecule has 0 saturated carbocycles. The van der Waals surface area contributed by atoms with E-state index in [9.17, 15) is 9.18 Å². The van der Waals surface area contributed by atoms with Crippen molar-refractivity contribution in [3.8, 4) is 0 Å². The number of rotatable bonds is 1. The average molecular weight is 226 g/mol. The molecule has 1 heterocycles. The Balaban J connectivity index is 2.88. The van der Waals surface area contributed by atoms with Gasteiger partial charge in [-0.15, -0.1) is 0 Å². The molecular weight excluding hydrogens is 221 g/mol. The SMILES string of the molecule is O=C(O)c1cnc(Cl)c2cc(F)ccc12. The quantitative estimate of drug-likeness (QED) is 0.760. The third-order valence-corrected chi connectivity index (χ3v) is 2.33. The molecule has 0 amide bonds. The molecule has 0 spiro atoms. The number of halogens is 2. The van der Waals surface area contributed by atoms with Crippen molar-refractivity contribution < 1.29 is 14.3 Å². The number of carbonyl (C=O) groups is 1. The van der Waals surface area contributed by atoms with Gasteiger partial charge in [-0.25, -0.2) is 14.2 Å². The molecule has 2 rings (SSSR count). The fourth-order valence-electron chi connectivity index (χ4n) is 1.35. The summed E-state index contributed by atoms with van der Waals surface area (Å²) >= 11 is 5.73. The Hall–Kier alpha value is -1.68. The lowest BCUT2D eigenvalue weighted by Crippen LogP contribution is -1.99. The topological polar surface area (TPSA) is 50.2 Å². The van der Waals surface area contributed by atoms with Gasteiger partial charge in [0.05, 0.1) is 5.56 Å². The van der Waals surface area contributed by atoms with Crippen LogP contribution in [0.1, 0.15) is 10.4 Å². The van der Waals surface area contributed by atoms with Gasteiger partial charge in [-0.05, 0) is 12.1 Å². The Morgan fingerprint density at radius 3 is 2.80 bits per heavy atom. The van der Waals surface area contributed by atoms with Crippen LogP contribution in [0.3, 0.4) is 0 Å². The fraction of sp³-hybridized carbons (Fsp3) is 0. The Morgan fingerprint density at radius 2 is 2.13 bits per heavy atom. The second kappa shape index (κ2) is 3.47. The summed E-state index contributed by atoms with van der Waals surface area (Å²) in [7, 11) is 0. The van der Waals surface area contributed by atoms with Crippen LogP contribution in [0.2, 0.25) is 5.15 Å². The highest BCUT2D eigenvalue weighted by Crippen LogP contribution is 2.25. The molecule has 2 aromatic rings. The monoisotopic (exact) mass is 225 g/mol. The van der Waals surface area contributed by atoms with Crippen molar-refractivity contribution in [2.75, 3.05) is 0 Å². The molecule has 0 aliphatic heterocycles. The normalized spacial score (nSPS) is 10.5. The Labute approximate surface area is 89.1 Å². The van der Waals surface area contributed by atoms with Crippen LogP contribution in [0.4, 0.5) is 4.39 Å². The van der Waals surface area contributed by atoms with Crippen molar-refractivity contribution in [1.82, 2.24) is 4.98 Å². The molecule has 3 nitrogen and oxygen atoms in total. The van der Waals surface area contributed by atoms with E-state index in [0.29, 0.717) is 10.8 Å². The van der Waals surface area contributed by atoms with E-state index in [4.69, 9.17) is 16.7 Å². The van der Waals surface area contributed by atoms with Crippen molar-refractivity contribution in [3.05, 3.63) is 40.9 Å². The van der Waals surface area contributed by atoms with E-state index in [1.54, 1.807) is 0 Å². The van der Waals surface area contributed by atoms with Crippen LogP contribution in [0, 0.1) is 5.82 Å². The highest BCUT2D eigenvalue weighted by Gasteiger charge is 2.11. The van der Waals surface area contributed by atoms with Crippen molar-refractivity contribution >= 4 is 28.3 Å². The molecule has 1 N–H and O–H groups in total. The zero-order chi connectivity index (χ0) is 11.0. The number of hydrogen-bond acceptors (Lipinski definition) is 2. The van der Waals surface area contributed by atoms with E-state index in [-0.39, 0.29) is 10.7 Å². The maximum Gasteiger partial charge on any atom is 0.337 e. The summed E-state index contributed by atoms with van der Waals surface area (Å²) in [5, 5.41) is 9.64. The number of fused-ring (bicyclic) bond motifs is 1. The van der Waals surface area contributed by atoms with E-state index in [0.717, 1.165) is 12.3 Å². The molecule has 15 heavy (non-hydrogen) atoms. The van der Waals surface area contributed by atoms with Crippen LogP contribution in [-0.2, 0) is 0 Å². The molecular formula is C10H5ClFNO2. The van der Waals surface area contributed by atoms with E-state index in [1.165, 1.54) is 12.1 Å². The lowest BCUT2D eigenvalue weighted by molar-refractivity contribution is 0.0698. The van der Waals surface area contributed by atoms with Crippen molar-refractivity contribution in [2.24, 2.45) is 0 Å². The molecule has 0 aliphatic carbocycles. The van der Waals surface area contributed by atoms with E-state index < -0.39 is 11.8 Å². The number of carboxylic acid groups (broad SMARTS) is 1. The maximum atomic E-state index is 12.9. The predicted molar refractivity (Wildman–Crippen MR) is 53.7 cm³/mol. The van der Waals surface area contributed by atoms with E-state index in [2.05, 4.69) is 4.98 Å². The number of carboxylic acids is 1. The first-order valence-corrected chi connectivity index (χ1v) is 4.44. The molecule has 0 saturated heterocycles. The largest absolute Gasteiger partial charge is 0.478 e. The minimum atomic E-state index is -1.12. The van der Waals surface area contributed by atoms with Crippen LogP contribution < -0.4 is 0 Å². The van der Waals surface area contributed by atoms with Crippen molar-refractivity contribution in [2.45, 2.75) is 0 Å². The van der Waals surface area contributed by atoms with Gasteiger partial charge >= 0.3 is 5.97 Å². The summed E-state index contributed by atoms with van der Waals surface area (Å²) in [4.78, 5) is 14.5. The van der Waals surface area contributed by atoms with Crippen LogP contribution in [0.5, 0.6) is 0 Å². The lowest BCUT2D eigenvalue weighted by Gasteiger charge is -2.03.